The van der Waals surface area contributed by atoms with Gasteiger partial charge in [0.1, 0.15) is 0 Å². The van der Waals surface area contributed by atoms with Crippen LogP contribution < -0.4 is 0 Å². The Kier molecular flexibility index (Phi) is 5.85. The molecule has 1 amide bonds. The number of benzene rings is 2. The van der Waals surface area contributed by atoms with Crippen molar-refractivity contribution in [1.29, 1.82) is 0 Å². The van der Waals surface area contributed by atoms with Crippen LogP contribution in [-0.4, -0.2) is 35.6 Å². The van der Waals surface area contributed by atoms with Gasteiger partial charge in [0.2, 0.25) is 0 Å². The lowest BCUT2D eigenvalue weighted by Crippen LogP contribution is -2.38. The average molecular weight is 377 g/mol. The number of piperidine rings is 1. The number of amides is 1. The summed E-state index contributed by atoms with van der Waals surface area (Å²) >= 11 is 0. The first kappa shape index (κ1) is 19.4. The molecule has 0 radical (unpaired) electrons. The van der Waals surface area contributed by atoms with Crippen LogP contribution in [0, 0.1) is 5.92 Å². The van der Waals surface area contributed by atoms with Gasteiger partial charge in [-0.2, -0.15) is 13.2 Å². The van der Waals surface area contributed by atoms with Gasteiger partial charge in [-0.1, -0.05) is 30.3 Å². The van der Waals surface area contributed by atoms with E-state index in [2.05, 4.69) is 0 Å². The van der Waals surface area contributed by atoms with Crippen molar-refractivity contribution in [1.82, 2.24) is 4.90 Å². The average Bonchev–Trinajstić information content (AvgIpc) is 2.68. The normalized spacial score (nSPS) is 15.8. The second-order valence-corrected chi connectivity index (χ2v) is 6.87. The molecule has 1 heterocycles. The van der Waals surface area contributed by atoms with Crippen molar-refractivity contribution in [2.24, 2.45) is 5.92 Å². The van der Waals surface area contributed by atoms with Crippen molar-refractivity contribution in [2.45, 2.75) is 25.4 Å². The minimum absolute atomic E-state index is 0.0707. The third kappa shape index (κ3) is 4.50. The summed E-state index contributed by atoms with van der Waals surface area (Å²) in [5.74, 6) is 0.257. The van der Waals surface area contributed by atoms with E-state index in [-0.39, 0.29) is 18.1 Å². The van der Waals surface area contributed by atoms with Gasteiger partial charge in [-0.3, -0.25) is 4.79 Å². The molecule has 27 heavy (non-hydrogen) atoms. The van der Waals surface area contributed by atoms with Crippen molar-refractivity contribution in [3.8, 4) is 11.1 Å². The Morgan fingerprint density at radius 1 is 1.07 bits per heavy atom. The first-order valence-corrected chi connectivity index (χ1v) is 9.07. The fraction of sp³-hybridized carbons (Fsp3) is 0.381. The molecule has 3 rings (SSSR count). The number of rotatable bonds is 4. The van der Waals surface area contributed by atoms with Gasteiger partial charge in [0.05, 0.1) is 5.56 Å². The van der Waals surface area contributed by atoms with E-state index in [1.807, 2.05) is 0 Å². The van der Waals surface area contributed by atoms with Crippen molar-refractivity contribution in [2.75, 3.05) is 19.7 Å². The number of carbonyl (C=O) groups is 1. The summed E-state index contributed by atoms with van der Waals surface area (Å²) in [6.07, 6.45) is -2.04. The molecule has 6 heteroatoms. The highest BCUT2D eigenvalue weighted by Crippen LogP contribution is 2.37. The standard InChI is InChI=1S/C21H22F3NO2/c22-21(23,24)19-7-2-1-6-18(19)16-4-3-5-17(14-16)20(27)25-11-8-15(9-12-25)10-13-26/h1-7,14-15,26H,8-13H2. The highest BCUT2D eigenvalue weighted by molar-refractivity contribution is 5.95. The predicted molar refractivity (Wildman–Crippen MR) is 97.2 cm³/mol. The summed E-state index contributed by atoms with van der Waals surface area (Å²) in [4.78, 5) is 14.5. The first-order valence-electron chi connectivity index (χ1n) is 9.07. The predicted octanol–water partition coefficient (Wildman–Crippen LogP) is 4.61. The second kappa shape index (κ2) is 8.13. The van der Waals surface area contributed by atoms with Crippen LogP contribution in [0.25, 0.3) is 11.1 Å². The fourth-order valence-electron chi connectivity index (χ4n) is 3.59. The number of aliphatic hydroxyl groups excluding tert-OH is 1. The SMILES string of the molecule is O=C(c1cccc(-c2ccccc2C(F)(F)F)c1)N1CCC(CCO)CC1. The minimum Gasteiger partial charge on any atom is -0.396 e. The zero-order valence-corrected chi connectivity index (χ0v) is 14.9. The second-order valence-electron chi connectivity index (χ2n) is 6.87. The van der Waals surface area contributed by atoms with E-state index < -0.39 is 11.7 Å². The molecule has 2 aromatic rings. The van der Waals surface area contributed by atoms with Crippen LogP contribution in [0.5, 0.6) is 0 Å². The van der Waals surface area contributed by atoms with Gasteiger partial charge in [0, 0.05) is 25.3 Å². The molecule has 1 aliphatic rings. The number of alkyl halides is 3. The highest BCUT2D eigenvalue weighted by Gasteiger charge is 2.33. The lowest BCUT2D eigenvalue weighted by molar-refractivity contribution is -0.137. The van der Waals surface area contributed by atoms with Crippen molar-refractivity contribution >= 4 is 5.91 Å². The molecular weight excluding hydrogens is 355 g/mol. The molecule has 144 valence electrons. The van der Waals surface area contributed by atoms with Crippen LogP contribution in [0.1, 0.15) is 35.2 Å². The quantitative estimate of drug-likeness (QED) is 0.846. The summed E-state index contributed by atoms with van der Waals surface area (Å²) in [6.45, 7) is 1.36. The lowest BCUT2D eigenvalue weighted by atomic mass is 9.93. The molecule has 0 aliphatic carbocycles. The number of aliphatic hydroxyl groups is 1. The molecule has 0 unspecified atom stereocenters. The summed E-state index contributed by atoms with van der Waals surface area (Å²) in [5, 5.41) is 9.03. The Bertz CT molecular complexity index is 796. The number of halogens is 3. The third-order valence-corrected chi connectivity index (χ3v) is 5.09. The van der Waals surface area contributed by atoms with E-state index in [0.717, 1.165) is 25.3 Å². The highest BCUT2D eigenvalue weighted by atomic mass is 19.4. The van der Waals surface area contributed by atoms with Crippen LogP contribution in [0.4, 0.5) is 13.2 Å². The van der Waals surface area contributed by atoms with Crippen LogP contribution in [0.3, 0.4) is 0 Å². The molecule has 1 saturated heterocycles. The van der Waals surface area contributed by atoms with Gasteiger partial charge in [-0.05, 0) is 54.5 Å². The number of hydrogen-bond acceptors (Lipinski definition) is 2. The summed E-state index contributed by atoms with van der Waals surface area (Å²) < 4.78 is 39.9. The maximum atomic E-state index is 13.3. The molecule has 1 aliphatic heterocycles. The van der Waals surface area contributed by atoms with Gasteiger partial charge in [0.15, 0.2) is 0 Å². The molecule has 0 atom stereocenters. The van der Waals surface area contributed by atoms with Crippen molar-refractivity contribution in [3.63, 3.8) is 0 Å². The Balaban J connectivity index is 1.82. The van der Waals surface area contributed by atoms with Crippen LogP contribution in [0.15, 0.2) is 48.5 Å². The van der Waals surface area contributed by atoms with E-state index in [1.165, 1.54) is 18.2 Å². The van der Waals surface area contributed by atoms with Gasteiger partial charge in [-0.25, -0.2) is 0 Å². The fourth-order valence-corrected chi connectivity index (χ4v) is 3.59. The molecule has 0 aromatic heterocycles. The number of likely N-dealkylation sites (tertiary alicyclic amines) is 1. The third-order valence-electron chi connectivity index (χ3n) is 5.09. The summed E-state index contributed by atoms with van der Waals surface area (Å²) in [6, 6.07) is 11.8. The number of nitrogens with zero attached hydrogens (tertiary/aromatic N) is 1. The molecule has 1 N–H and O–H groups in total. The molecule has 0 bridgehead atoms. The summed E-state index contributed by atoms with van der Waals surface area (Å²) in [5.41, 5.74) is 0.134. The van der Waals surface area contributed by atoms with Crippen LogP contribution >= 0.6 is 0 Å². The monoisotopic (exact) mass is 377 g/mol. The number of hydrogen-bond donors (Lipinski definition) is 1. The topological polar surface area (TPSA) is 40.5 Å². The van der Waals surface area contributed by atoms with E-state index in [1.54, 1.807) is 29.2 Å². The molecule has 3 nitrogen and oxygen atoms in total. The van der Waals surface area contributed by atoms with E-state index in [0.29, 0.717) is 30.1 Å². The molecule has 0 spiro atoms. The molecule has 1 fully saturated rings. The zero-order valence-electron chi connectivity index (χ0n) is 14.9. The first-order chi connectivity index (χ1) is 12.9. The number of carbonyl (C=O) groups excluding carboxylic acids is 1. The van der Waals surface area contributed by atoms with Crippen LogP contribution in [0.2, 0.25) is 0 Å². The molecular formula is C21H22F3NO2. The minimum atomic E-state index is -4.45. The maximum absolute atomic E-state index is 13.3. The van der Waals surface area contributed by atoms with Crippen molar-refractivity contribution < 1.29 is 23.1 Å². The van der Waals surface area contributed by atoms with Gasteiger partial charge < -0.3 is 10.0 Å². The smallest absolute Gasteiger partial charge is 0.396 e. The van der Waals surface area contributed by atoms with E-state index >= 15 is 0 Å². The maximum Gasteiger partial charge on any atom is 0.417 e. The largest absolute Gasteiger partial charge is 0.417 e. The molecule has 0 saturated carbocycles. The van der Waals surface area contributed by atoms with Gasteiger partial charge in [0.25, 0.3) is 5.91 Å². The zero-order chi connectivity index (χ0) is 19.4. The summed E-state index contributed by atoms with van der Waals surface area (Å²) in [7, 11) is 0. The van der Waals surface area contributed by atoms with Gasteiger partial charge >= 0.3 is 6.18 Å². The Morgan fingerprint density at radius 3 is 2.44 bits per heavy atom. The Morgan fingerprint density at radius 2 is 1.78 bits per heavy atom. The Hall–Kier alpha value is -2.34. The van der Waals surface area contributed by atoms with Gasteiger partial charge in [-0.15, -0.1) is 0 Å². The lowest BCUT2D eigenvalue weighted by Gasteiger charge is -2.32. The van der Waals surface area contributed by atoms with E-state index in [9.17, 15) is 18.0 Å². The Labute approximate surface area is 156 Å². The van der Waals surface area contributed by atoms with Crippen LogP contribution in [-0.2, 0) is 6.18 Å². The van der Waals surface area contributed by atoms with Crippen molar-refractivity contribution in [3.05, 3.63) is 59.7 Å². The molecule has 2 aromatic carbocycles. The van der Waals surface area contributed by atoms with E-state index in [4.69, 9.17) is 5.11 Å².